The second kappa shape index (κ2) is 8.92. The van der Waals surface area contributed by atoms with Gasteiger partial charge in [-0.1, -0.05) is 35.3 Å². The van der Waals surface area contributed by atoms with Gasteiger partial charge in [-0.05, 0) is 56.2 Å². The molecular formula is C19H19Cl2NO4. The summed E-state index contributed by atoms with van der Waals surface area (Å²) in [7, 11) is 0. The first-order valence-electron chi connectivity index (χ1n) is 7.92. The summed E-state index contributed by atoms with van der Waals surface area (Å²) in [6, 6.07) is 10.2. The van der Waals surface area contributed by atoms with E-state index in [1.54, 1.807) is 18.2 Å². The smallest absolute Gasteiger partial charge is 0.344 e. The first kappa shape index (κ1) is 20.1. The molecule has 138 valence electrons. The molecule has 2 aromatic rings. The fraction of sp³-hybridized carbons (Fsp3) is 0.263. The minimum atomic E-state index is -1.00. The van der Waals surface area contributed by atoms with Gasteiger partial charge in [0.25, 0.3) is 5.91 Å². The summed E-state index contributed by atoms with van der Waals surface area (Å²) in [6.45, 7) is 5.04. The highest BCUT2D eigenvalue weighted by atomic mass is 35.5. The average molecular weight is 396 g/mol. The van der Waals surface area contributed by atoms with Crippen LogP contribution in [0.2, 0.25) is 10.0 Å². The molecule has 5 nitrogen and oxygen atoms in total. The van der Waals surface area contributed by atoms with E-state index in [4.69, 9.17) is 32.7 Å². The number of carbonyl (C=O) groups excluding carboxylic acids is 2. The SMILES string of the molecule is Cc1cccc(OCC(=O)O[C@H](C)C(=O)Nc2ccc(Cl)cc2Cl)c1C. The Morgan fingerprint density at radius 2 is 1.88 bits per heavy atom. The summed E-state index contributed by atoms with van der Waals surface area (Å²) in [4.78, 5) is 24.1. The number of hydrogen-bond donors (Lipinski definition) is 1. The third-order valence-corrected chi connectivity index (χ3v) is 4.31. The zero-order valence-electron chi connectivity index (χ0n) is 14.6. The van der Waals surface area contributed by atoms with Crippen molar-refractivity contribution in [3.05, 3.63) is 57.6 Å². The molecule has 0 saturated carbocycles. The van der Waals surface area contributed by atoms with Gasteiger partial charge < -0.3 is 14.8 Å². The van der Waals surface area contributed by atoms with Crippen molar-refractivity contribution in [1.82, 2.24) is 0 Å². The van der Waals surface area contributed by atoms with E-state index in [9.17, 15) is 9.59 Å². The minimum absolute atomic E-state index is 0.288. The van der Waals surface area contributed by atoms with E-state index in [0.717, 1.165) is 11.1 Å². The summed E-state index contributed by atoms with van der Waals surface area (Å²) in [5, 5.41) is 3.33. The van der Waals surface area contributed by atoms with Crippen LogP contribution < -0.4 is 10.1 Å². The van der Waals surface area contributed by atoms with Gasteiger partial charge >= 0.3 is 5.97 Å². The summed E-state index contributed by atoms with van der Waals surface area (Å²) in [6.07, 6.45) is -1.00. The first-order chi connectivity index (χ1) is 12.3. The highest BCUT2D eigenvalue weighted by Gasteiger charge is 2.19. The molecule has 0 fully saturated rings. The highest BCUT2D eigenvalue weighted by Crippen LogP contribution is 2.25. The van der Waals surface area contributed by atoms with Gasteiger partial charge in [0.05, 0.1) is 10.7 Å². The van der Waals surface area contributed by atoms with E-state index >= 15 is 0 Å². The lowest BCUT2D eigenvalue weighted by molar-refractivity contribution is -0.155. The van der Waals surface area contributed by atoms with Crippen LogP contribution >= 0.6 is 23.2 Å². The monoisotopic (exact) mass is 395 g/mol. The van der Waals surface area contributed by atoms with Crippen molar-refractivity contribution in [1.29, 1.82) is 0 Å². The summed E-state index contributed by atoms with van der Waals surface area (Å²) in [5.74, 6) is -0.544. The van der Waals surface area contributed by atoms with Gasteiger partial charge in [-0.3, -0.25) is 4.79 Å². The number of hydrogen-bond acceptors (Lipinski definition) is 4. The molecule has 0 aromatic heterocycles. The highest BCUT2D eigenvalue weighted by molar-refractivity contribution is 6.36. The Labute approximate surface area is 162 Å². The van der Waals surface area contributed by atoms with E-state index in [0.29, 0.717) is 21.5 Å². The number of benzene rings is 2. The number of ether oxygens (including phenoxy) is 2. The van der Waals surface area contributed by atoms with Gasteiger partial charge in [-0.25, -0.2) is 4.79 Å². The van der Waals surface area contributed by atoms with Crippen LogP contribution in [0.5, 0.6) is 5.75 Å². The Balaban J connectivity index is 1.87. The van der Waals surface area contributed by atoms with Crippen LogP contribution in [-0.2, 0) is 14.3 Å². The van der Waals surface area contributed by atoms with Crippen LogP contribution in [0.25, 0.3) is 0 Å². The van der Waals surface area contributed by atoms with E-state index in [1.807, 2.05) is 26.0 Å². The number of rotatable bonds is 6. The quantitative estimate of drug-likeness (QED) is 0.728. The molecule has 0 saturated heterocycles. The fourth-order valence-electron chi connectivity index (χ4n) is 2.13. The van der Waals surface area contributed by atoms with E-state index < -0.39 is 18.0 Å². The van der Waals surface area contributed by atoms with Gasteiger partial charge in [-0.15, -0.1) is 0 Å². The van der Waals surface area contributed by atoms with Crippen LogP contribution in [0.3, 0.4) is 0 Å². The number of carbonyl (C=O) groups is 2. The molecule has 0 bridgehead atoms. The van der Waals surface area contributed by atoms with E-state index in [2.05, 4.69) is 5.32 Å². The predicted octanol–water partition coefficient (Wildman–Crippen LogP) is 4.56. The van der Waals surface area contributed by atoms with Crippen LogP contribution in [0.15, 0.2) is 36.4 Å². The van der Waals surface area contributed by atoms with Crippen molar-refractivity contribution >= 4 is 40.8 Å². The molecule has 0 aliphatic carbocycles. The van der Waals surface area contributed by atoms with E-state index in [1.165, 1.54) is 13.0 Å². The number of esters is 1. The Bertz CT molecular complexity index is 823. The normalized spacial score (nSPS) is 11.6. The van der Waals surface area contributed by atoms with Crippen LogP contribution in [0, 0.1) is 13.8 Å². The topological polar surface area (TPSA) is 64.6 Å². The number of halogens is 2. The van der Waals surface area contributed by atoms with Gasteiger partial charge in [0.15, 0.2) is 12.7 Å². The third kappa shape index (κ3) is 5.38. The lowest BCUT2D eigenvalue weighted by atomic mass is 10.1. The van der Waals surface area contributed by atoms with Crippen LogP contribution in [0.4, 0.5) is 5.69 Å². The molecule has 0 aliphatic rings. The van der Waals surface area contributed by atoms with Crippen LogP contribution in [-0.4, -0.2) is 24.6 Å². The maximum absolute atomic E-state index is 12.1. The molecule has 2 aromatic carbocycles. The number of amides is 1. The first-order valence-corrected chi connectivity index (χ1v) is 8.68. The molecule has 0 unspecified atom stereocenters. The molecule has 1 amide bonds. The fourth-order valence-corrected chi connectivity index (χ4v) is 2.58. The van der Waals surface area contributed by atoms with E-state index in [-0.39, 0.29) is 6.61 Å². The number of nitrogens with one attached hydrogen (secondary N) is 1. The van der Waals surface area contributed by atoms with Crippen molar-refractivity contribution in [3.63, 3.8) is 0 Å². The van der Waals surface area contributed by atoms with Crippen molar-refractivity contribution in [3.8, 4) is 5.75 Å². The number of aryl methyl sites for hydroxylation is 1. The Morgan fingerprint density at radius 3 is 2.58 bits per heavy atom. The second-order valence-corrected chi connectivity index (χ2v) is 6.58. The molecule has 26 heavy (non-hydrogen) atoms. The molecule has 0 spiro atoms. The second-order valence-electron chi connectivity index (χ2n) is 5.73. The molecule has 2 rings (SSSR count). The van der Waals surface area contributed by atoms with Gasteiger partial charge in [0, 0.05) is 5.02 Å². The molecule has 1 N–H and O–H groups in total. The summed E-state index contributed by atoms with van der Waals surface area (Å²) < 4.78 is 10.6. The Kier molecular flexibility index (Phi) is 6.89. The largest absolute Gasteiger partial charge is 0.482 e. The van der Waals surface area contributed by atoms with Gasteiger partial charge in [0.2, 0.25) is 0 Å². The molecule has 7 heteroatoms. The Hall–Kier alpha value is -2.24. The van der Waals surface area contributed by atoms with Crippen LogP contribution in [0.1, 0.15) is 18.1 Å². The summed E-state index contributed by atoms with van der Waals surface area (Å²) >= 11 is 11.8. The third-order valence-electron chi connectivity index (χ3n) is 3.77. The molecule has 0 radical (unpaired) electrons. The lowest BCUT2D eigenvalue weighted by Crippen LogP contribution is -2.31. The van der Waals surface area contributed by atoms with Crippen molar-refractivity contribution < 1.29 is 19.1 Å². The summed E-state index contributed by atoms with van der Waals surface area (Å²) in [5.41, 5.74) is 2.39. The molecule has 1 atom stereocenters. The maximum atomic E-state index is 12.1. The van der Waals surface area contributed by atoms with Gasteiger partial charge in [-0.2, -0.15) is 0 Å². The standard InChI is InChI=1S/C19H19Cl2NO4/c1-11-5-4-6-17(12(11)2)25-10-18(23)26-13(3)19(24)22-16-8-7-14(20)9-15(16)21/h4-9,13H,10H2,1-3H3,(H,22,24)/t13-/m1/s1. The van der Waals surface area contributed by atoms with Gasteiger partial charge in [0.1, 0.15) is 5.75 Å². The van der Waals surface area contributed by atoms with Crippen molar-refractivity contribution in [2.24, 2.45) is 0 Å². The zero-order chi connectivity index (χ0) is 19.3. The average Bonchev–Trinajstić information content (AvgIpc) is 2.58. The lowest BCUT2D eigenvalue weighted by Gasteiger charge is -2.15. The molecule has 0 heterocycles. The number of anilines is 1. The Morgan fingerprint density at radius 1 is 1.15 bits per heavy atom. The van der Waals surface area contributed by atoms with Crippen molar-refractivity contribution in [2.45, 2.75) is 26.9 Å². The minimum Gasteiger partial charge on any atom is -0.482 e. The molecular weight excluding hydrogens is 377 g/mol. The predicted molar refractivity (Wildman–Crippen MR) is 102 cm³/mol. The maximum Gasteiger partial charge on any atom is 0.344 e. The molecule has 0 aliphatic heterocycles. The zero-order valence-corrected chi connectivity index (χ0v) is 16.1. The van der Waals surface area contributed by atoms with Crippen molar-refractivity contribution in [2.75, 3.05) is 11.9 Å².